The lowest BCUT2D eigenvalue weighted by Crippen LogP contribution is -2.37. The molecule has 0 spiro atoms. The van der Waals surface area contributed by atoms with Crippen LogP contribution in [-0.4, -0.2) is 40.2 Å². The van der Waals surface area contributed by atoms with Crippen LogP contribution in [0.2, 0.25) is 0 Å². The van der Waals surface area contributed by atoms with Crippen LogP contribution in [0.15, 0.2) is 36.5 Å². The van der Waals surface area contributed by atoms with Crippen molar-refractivity contribution < 1.29 is 13.2 Å². The second kappa shape index (κ2) is 5.24. The highest BCUT2D eigenvalue weighted by Gasteiger charge is 2.39. The first-order valence-corrected chi connectivity index (χ1v) is 8.69. The second-order valence-electron chi connectivity index (χ2n) is 5.45. The molecule has 6 nitrogen and oxygen atoms in total. The van der Waals surface area contributed by atoms with Crippen LogP contribution in [0.4, 0.5) is 0 Å². The van der Waals surface area contributed by atoms with Crippen molar-refractivity contribution in [1.29, 1.82) is 0 Å². The predicted octanol–water partition coefficient (Wildman–Crippen LogP) is 1.74. The van der Waals surface area contributed by atoms with Gasteiger partial charge in [0.2, 0.25) is 10.0 Å². The van der Waals surface area contributed by atoms with Gasteiger partial charge in [0.05, 0.1) is 28.9 Å². The summed E-state index contributed by atoms with van der Waals surface area (Å²) in [6.07, 6.45) is 1.91. The fraction of sp³-hybridized carbons (Fsp3) is 0.333. The average molecular weight is 319 g/mol. The normalized spacial score (nSPS) is 20.3. The summed E-state index contributed by atoms with van der Waals surface area (Å²) in [4.78, 5) is 12.6. The molecule has 0 saturated carbocycles. The van der Waals surface area contributed by atoms with Crippen LogP contribution in [0.3, 0.4) is 0 Å². The minimum Gasteiger partial charge on any atom is -0.268 e. The monoisotopic (exact) mass is 319 g/mol. The molecule has 7 heteroatoms. The van der Waals surface area contributed by atoms with Crippen LogP contribution < -0.4 is 0 Å². The fourth-order valence-electron chi connectivity index (χ4n) is 2.70. The summed E-state index contributed by atoms with van der Waals surface area (Å²) in [5, 5.41) is 4.23. The fourth-order valence-corrected chi connectivity index (χ4v) is 4.54. The Balaban J connectivity index is 2.00. The predicted molar refractivity (Wildman–Crippen MR) is 82.3 cm³/mol. The van der Waals surface area contributed by atoms with E-state index in [2.05, 4.69) is 5.10 Å². The molecule has 0 bridgehead atoms. The molecule has 3 rings (SSSR count). The molecule has 2 aromatic rings. The van der Waals surface area contributed by atoms with Crippen molar-refractivity contribution in [1.82, 2.24) is 14.1 Å². The highest BCUT2D eigenvalue weighted by molar-refractivity contribution is 7.89. The molecule has 1 fully saturated rings. The van der Waals surface area contributed by atoms with Gasteiger partial charge < -0.3 is 0 Å². The number of hydrogen-bond acceptors (Lipinski definition) is 4. The number of hydrogen-bond donors (Lipinski definition) is 0. The minimum atomic E-state index is -3.51. The topological polar surface area (TPSA) is 72.3 Å². The number of carbonyl (C=O) groups excluding carboxylic acids is 1. The molecular weight excluding hydrogens is 302 g/mol. The Morgan fingerprint density at radius 2 is 1.95 bits per heavy atom. The third kappa shape index (κ3) is 2.31. The Labute approximate surface area is 129 Å². The van der Waals surface area contributed by atoms with Crippen LogP contribution >= 0.6 is 0 Å². The van der Waals surface area contributed by atoms with Gasteiger partial charge >= 0.3 is 0 Å². The molecule has 1 unspecified atom stereocenters. The van der Waals surface area contributed by atoms with Crippen molar-refractivity contribution in [3.05, 3.63) is 47.8 Å². The van der Waals surface area contributed by atoms with Crippen molar-refractivity contribution in [3.63, 3.8) is 0 Å². The van der Waals surface area contributed by atoms with Gasteiger partial charge in [0.25, 0.3) is 5.91 Å². The zero-order valence-corrected chi connectivity index (χ0v) is 13.2. The van der Waals surface area contributed by atoms with E-state index in [4.69, 9.17) is 0 Å². The van der Waals surface area contributed by atoms with Gasteiger partial charge in [-0.3, -0.25) is 4.79 Å². The Kier molecular flexibility index (Phi) is 3.52. The largest absolute Gasteiger partial charge is 0.271 e. The molecule has 22 heavy (non-hydrogen) atoms. The summed E-state index contributed by atoms with van der Waals surface area (Å²) in [6, 6.07) is 9.10. The quantitative estimate of drug-likeness (QED) is 0.845. The minimum absolute atomic E-state index is 0.0196. The van der Waals surface area contributed by atoms with E-state index in [1.165, 1.54) is 6.20 Å². The first-order chi connectivity index (χ1) is 10.4. The number of carbonyl (C=O) groups is 1. The summed E-state index contributed by atoms with van der Waals surface area (Å²) in [7, 11) is -3.51. The van der Waals surface area contributed by atoms with Crippen LogP contribution in [-0.2, 0) is 10.0 Å². The Hall–Kier alpha value is -2.15. The first kappa shape index (κ1) is 14.8. The second-order valence-corrected chi connectivity index (χ2v) is 7.41. The number of para-hydroxylation sites is 1. The average Bonchev–Trinajstić information content (AvgIpc) is 2.99. The van der Waals surface area contributed by atoms with E-state index in [0.717, 1.165) is 9.99 Å². The number of benzene rings is 1. The van der Waals surface area contributed by atoms with Crippen LogP contribution in [0.5, 0.6) is 0 Å². The van der Waals surface area contributed by atoms with Gasteiger partial charge in [-0.15, -0.1) is 0 Å². The summed E-state index contributed by atoms with van der Waals surface area (Å²) < 4.78 is 26.7. The first-order valence-electron chi connectivity index (χ1n) is 7.08. The molecule has 1 atom stereocenters. The molecule has 2 heterocycles. The van der Waals surface area contributed by atoms with Gasteiger partial charge in [-0.05, 0) is 32.4 Å². The maximum absolute atomic E-state index is 12.6. The van der Waals surface area contributed by atoms with Crippen molar-refractivity contribution >= 4 is 15.9 Å². The lowest BCUT2D eigenvalue weighted by Gasteiger charge is -2.19. The van der Waals surface area contributed by atoms with Crippen LogP contribution in [0.25, 0.3) is 5.69 Å². The number of nitrogens with zero attached hydrogens (tertiary/aromatic N) is 3. The number of sulfonamides is 1. The number of rotatable bonds is 2. The summed E-state index contributed by atoms with van der Waals surface area (Å²) in [5.74, 6) is -0.476. The van der Waals surface area contributed by atoms with Gasteiger partial charge in [0, 0.05) is 6.04 Å². The van der Waals surface area contributed by atoms with E-state index >= 15 is 0 Å². The maximum atomic E-state index is 12.6. The van der Waals surface area contributed by atoms with Gasteiger partial charge in [0.1, 0.15) is 0 Å². The van der Waals surface area contributed by atoms with E-state index < -0.39 is 15.9 Å². The number of amides is 1. The lowest BCUT2D eigenvalue weighted by molar-refractivity contribution is 0.0839. The zero-order valence-electron chi connectivity index (χ0n) is 12.4. The van der Waals surface area contributed by atoms with Crippen molar-refractivity contribution in [3.8, 4) is 5.69 Å². The van der Waals surface area contributed by atoms with Crippen LogP contribution in [0, 0.1) is 6.92 Å². The molecule has 0 radical (unpaired) electrons. The molecule has 116 valence electrons. The highest BCUT2D eigenvalue weighted by atomic mass is 32.2. The molecular formula is C15H17N3O3S. The lowest BCUT2D eigenvalue weighted by atomic mass is 10.2. The Bertz CT molecular complexity index is 812. The molecule has 1 aliphatic rings. The Morgan fingerprint density at radius 1 is 1.27 bits per heavy atom. The van der Waals surface area contributed by atoms with E-state index in [9.17, 15) is 13.2 Å². The maximum Gasteiger partial charge on any atom is 0.271 e. The molecule has 1 amide bonds. The molecule has 1 aromatic heterocycles. The SMILES string of the molecule is Cc1c(C(=O)N2C(C)CCS2(=O)=O)cnn1-c1ccccc1. The molecule has 0 aliphatic carbocycles. The standard InChI is InChI=1S/C15H17N3O3S/c1-11-8-9-22(20,21)18(11)15(19)14-10-16-17(12(14)2)13-6-4-3-5-7-13/h3-7,10-11H,8-9H2,1-2H3. The van der Waals surface area contributed by atoms with E-state index in [-0.39, 0.29) is 11.8 Å². The van der Waals surface area contributed by atoms with Crippen LogP contribution in [0.1, 0.15) is 29.4 Å². The summed E-state index contributed by atoms with van der Waals surface area (Å²) >= 11 is 0. The van der Waals surface area contributed by atoms with E-state index in [0.29, 0.717) is 17.7 Å². The highest BCUT2D eigenvalue weighted by Crippen LogP contribution is 2.25. The molecule has 1 saturated heterocycles. The molecule has 1 aromatic carbocycles. The van der Waals surface area contributed by atoms with Crippen molar-refractivity contribution in [2.75, 3.05) is 5.75 Å². The third-order valence-corrected chi connectivity index (χ3v) is 5.81. The van der Waals surface area contributed by atoms with Crippen molar-refractivity contribution in [2.45, 2.75) is 26.3 Å². The molecule has 0 N–H and O–H groups in total. The zero-order chi connectivity index (χ0) is 15.9. The van der Waals surface area contributed by atoms with Gasteiger partial charge in [0.15, 0.2) is 0 Å². The van der Waals surface area contributed by atoms with Gasteiger partial charge in [-0.1, -0.05) is 18.2 Å². The Morgan fingerprint density at radius 3 is 2.55 bits per heavy atom. The van der Waals surface area contributed by atoms with Gasteiger partial charge in [-0.25, -0.2) is 17.4 Å². The van der Waals surface area contributed by atoms with Gasteiger partial charge in [-0.2, -0.15) is 5.10 Å². The number of aromatic nitrogens is 2. The molecule has 1 aliphatic heterocycles. The third-order valence-electron chi connectivity index (χ3n) is 3.93. The summed E-state index contributed by atoms with van der Waals surface area (Å²) in [5.41, 5.74) is 1.78. The summed E-state index contributed by atoms with van der Waals surface area (Å²) in [6.45, 7) is 3.51. The van der Waals surface area contributed by atoms with E-state index in [1.54, 1.807) is 18.5 Å². The smallest absolute Gasteiger partial charge is 0.268 e. The van der Waals surface area contributed by atoms with E-state index in [1.807, 2.05) is 30.3 Å². The van der Waals surface area contributed by atoms with Crippen molar-refractivity contribution in [2.24, 2.45) is 0 Å².